The van der Waals surface area contributed by atoms with Gasteiger partial charge >= 0.3 is 0 Å². The van der Waals surface area contributed by atoms with Crippen LogP contribution in [0.3, 0.4) is 0 Å². The molecule has 0 aromatic heterocycles. The molecule has 0 bridgehead atoms. The first-order valence-corrected chi connectivity index (χ1v) is 7.29. The van der Waals surface area contributed by atoms with Crippen molar-refractivity contribution in [3.63, 3.8) is 0 Å². The maximum absolute atomic E-state index is 12.1. The molecule has 0 spiro atoms. The van der Waals surface area contributed by atoms with Crippen LogP contribution in [-0.4, -0.2) is 11.7 Å². The number of ketones is 1. The maximum atomic E-state index is 12.1. The summed E-state index contributed by atoms with van der Waals surface area (Å²) >= 11 is 0. The molecule has 1 aromatic carbocycles. The zero-order valence-electron chi connectivity index (χ0n) is 12.5. The van der Waals surface area contributed by atoms with E-state index >= 15 is 0 Å². The molecule has 2 rings (SSSR count). The molecule has 3 heteroatoms. The summed E-state index contributed by atoms with van der Waals surface area (Å²) in [4.78, 5) is 23.7. The highest BCUT2D eigenvalue weighted by molar-refractivity contribution is 5.88. The second-order valence-corrected chi connectivity index (χ2v) is 6.30. The normalized spacial score (nSPS) is 19.1. The molecule has 1 aromatic rings. The first kappa shape index (κ1) is 14.8. The van der Waals surface area contributed by atoms with Crippen LogP contribution in [0.25, 0.3) is 0 Å². The van der Waals surface area contributed by atoms with Gasteiger partial charge in [0.1, 0.15) is 5.78 Å². The quantitative estimate of drug-likeness (QED) is 0.916. The SMILES string of the molecule is Cc1ccc(C(C)(C)NC(=O)C[C@H]2CCCC2=O)cc1. The molecule has 108 valence electrons. The lowest BCUT2D eigenvalue weighted by Gasteiger charge is -2.27. The Kier molecular flexibility index (Phi) is 4.26. The minimum atomic E-state index is -0.410. The summed E-state index contributed by atoms with van der Waals surface area (Å²) in [6, 6.07) is 8.17. The number of Topliss-reactive ketones (excluding diaryl/α,β-unsaturated/α-hetero) is 1. The summed E-state index contributed by atoms with van der Waals surface area (Å²) in [6.45, 7) is 6.03. The van der Waals surface area contributed by atoms with Crippen molar-refractivity contribution in [2.24, 2.45) is 5.92 Å². The Morgan fingerprint density at radius 3 is 2.50 bits per heavy atom. The fourth-order valence-electron chi connectivity index (χ4n) is 2.77. The van der Waals surface area contributed by atoms with Gasteiger partial charge in [-0.2, -0.15) is 0 Å². The Hall–Kier alpha value is -1.64. The van der Waals surface area contributed by atoms with Crippen molar-refractivity contribution in [3.8, 4) is 0 Å². The van der Waals surface area contributed by atoms with Crippen molar-refractivity contribution in [2.75, 3.05) is 0 Å². The second-order valence-electron chi connectivity index (χ2n) is 6.30. The van der Waals surface area contributed by atoms with Gasteiger partial charge < -0.3 is 5.32 Å². The van der Waals surface area contributed by atoms with Gasteiger partial charge in [-0.15, -0.1) is 0 Å². The van der Waals surface area contributed by atoms with E-state index in [1.54, 1.807) is 0 Å². The Bertz CT molecular complexity index is 502. The van der Waals surface area contributed by atoms with E-state index in [0.29, 0.717) is 12.8 Å². The van der Waals surface area contributed by atoms with E-state index < -0.39 is 5.54 Å². The third-order valence-corrected chi connectivity index (χ3v) is 4.09. The van der Waals surface area contributed by atoms with E-state index in [1.807, 2.05) is 45.0 Å². The fourth-order valence-corrected chi connectivity index (χ4v) is 2.77. The first-order valence-electron chi connectivity index (χ1n) is 7.29. The predicted octanol–water partition coefficient (Wildman–Crippen LogP) is 3.11. The summed E-state index contributed by atoms with van der Waals surface area (Å²) in [5, 5.41) is 3.05. The molecule has 1 aliphatic carbocycles. The number of hydrogen-bond acceptors (Lipinski definition) is 2. The largest absolute Gasteiger partial charge is 0.347 e. The van der Waals surface area contributed by atoms with Crippen LogP contribution in [0.15, 0.2) is 24.3 Å². The molecule has 0 heterocycles. The van der Waals surface area contributed by atoms with Gasteiger partial charge in [-0.1, -0.05) is 29.8 Å². The van der Waals surface area contributed by atoms with Crippen LogP contribution in [0.5, 0.6) is 0 Å². The molecule has 1 saturated carbocycles. The lowest BCUT2D eigenvalue weighted by Crippen LogP contribution is -2.41. The zero-order valence-corrected chi connectivity index (χ0v) is 12.5. The lowest BCUT2D eigenvalue weighted by molar-refractivity contribution is -0.128. The highest BCUT2D eigenvalue weighted by Crippen LogP contribution is 2.26. The fraction of sp³-hybridized carbons (Fsp3) is 0.529. The van der Waals surface area contributed by atoms with Gasteiger partial charge in [-0.05, 0) is 39.2 Å². The van der Waals surface area contributed by atoms with Crippen molar-refractivity contribution in [1.82, 2.24) is 5.32 Å². The lowest BCUT2D eigenvalue weighted by atomic mass is 9.92. The molecule has 1 atom stereocenters. The molecule has 1 aliphatic rings. The van der Waals surface area contributed by atoms with Gasteiger partial charge in [0, 0.05) is 18.8 Å². The number of carbonyl (C=O) groups excluding carboxylic acids is 2. The van der Waals surface area contributed by atoms with E-state index in [-0.39, 0.29) is 17.6 Å². The summed E-state index contributed by atoms with van der Waals surface area (Å²) in [7, 11) is 0. The van der Waals surface area contributed by atoms with Crippen LogP contribution < -0.4 is 5.32 Å². The Labute approximate surface area is 120 Å². The highest BCUT2D eigenvalue weighted by Gasteiger charge is 2.29. The van der Waals surface area contributed by atoms with Gasteiger partial charge in [0.15, 0.2) is 0 Å². The number of nitrogens with one attached hydrogen (secondary N) is 1. The summed E-state index contributed by atoms with van der Waals surface area (Å²) < 4.78 is 0. The minimum absolute atomic E-state index is 0.0316. The number of rotatable bonds is 4. The third kappa shape index (κ3) is 3.47. The van der Waals surface area contributed by atoms with Crippen molar-refractivity contribution in [3.05, 3.63) is 35.4 Å². The van der Waals surface area contributed by atoms with Gasteiger partial charge in [0.25, 0.3) is 0 Å². The van der Waals surface area contributed by atoms with Crippen LogP contribution in [-0.2, 0) is 15.1 Å². The summed E-state index contributed by atoms with van der Waals surface area (Å²) in [5.74, 6) is 0.146. The van der Waals surface area contributed by atoms with E-state index in [9.17, 15) is 9.59 Å². The molecule has 0 saturated heterocycles. The molecule has 0 aliphatic heterocycles. The second kappa shape index (κ2) is 5.78. The molecule has 20 heavy (non-hydrogen) atoms. The van der Waals surface area contributed by atoms with Crippen LogP contribution in [0.1, 0.15) is 50.7 Å². The van der Waals surface area contributed by atoms with E-state index in [2.05, 4.69) is 5.32 Å². The number of amides is 1. The molecular formula is C17H23NO2. The molecule has 0 unspecified atom stereocenters. The average molecular weight is 273 g/mol. The molecule has 0 radical (unpaired) electrons. The topological polar surface area (TPSA) is 46.2 Å². The monoisotopic (exact) mass is 273 g/mol. The molecule has 3 nitrogen and oxygen atoms in total. The van der Waals surface area contributed by atoms with Crippen molar-refractivity contribution >= 4 is 11.7 Å². The Morgan fingerprint density at radius 2 is 1.95 bits per heavy atom. The van der Waals surface area contributed by atoms with Gasteiger partial charge in [-0.3, -0.25) is 9.59 Å². The Balaban J connectivity index is 1.98. The maximum Gasteiger partial charge on any atom is 0.221 e. The van der Waals surface area contributed by atoms with Crippen molar-refractivity contribution < 1.29 is 9.59 Å². The smallest absolute Gasteiger partial charge is 0.221 e. The highest BCUT2D eigenvalue weighted by atomic mass is 16.2. The number of aryl methyl sites for hydroxylation is 1. The number of carbonyl (C=O) groups is 2. The molecule has 1 fully saturated rings. The molecule has 1 N–H and O–H groups in total. The van der Waals surface area contributed by atoms with Gasteiger partial charge in [0.2, 0.25) is 5.91 Å². The van der Waals surface area contributed by atoms with E-state index in [0.717, 1.165) is 18.4 Å². The zero-order chi connectivity index (χ0) is 14.8. The van der Waals surface area contributed by atoms with Crippen LogP contribution >= 0.6 is 0 Å². The van der Waals surface area contributed by atoms with Crippen molar-refractivity contribution in [2.45, 2.75) is 52.0 Å². The van der Waals surface area contributed by atoms with E-state index in [4.69, 9.17) is 0 Å². The Morgan fingerprint density at radius 1 is 1.30 bits per heavy atom. The summed E-state index contributed by atoms with van der Waals surface area (Å²) in [6.07, 6.45) is 2.75. The third-order valence-electron chi connectivity index (χ3n) is 4.09. The number of benzene rings is 1. The van der Waals surface area contributed by atoms with Crippen LogP contribution in [0.2, 0.25) is 0 Å². The van der Waals surface area contributed by atoms with Crippen LogP contribution in [0, 0.1) is 12.8 Å². The van der Waals surface area contributed by atoms with Gasteiger partial charge in [0.05, 0.1) is 5.54 Å². The van der Waals surface area contributed by atoms with Gasteiger partial charge in [-0.25, -0.2) is 0 Å². The van der Waals surface area contributed by atoms with Crippen molar-refractivity contribution in [1.29, 1.82) is 0 Å². The molecular weight excluding hydrogens is 250 g/mol. The minimum Gasteiger partial charge on any atom is -0.347 e. The average Bonchev–Trinajstić information content (AvgIpc) is 2.74. The predicted molar refractivity (Wildman–Crippen MR) is 79.3 cm³/mol. The van der Waals surface area contributed by atoms with Crippen LogP contribution in [0.4, 0.5) is 0 Å². The number of hydrogen-bond donors (Lipinski definition) is 1. The molecule has 1 amide bonds. The summed E-state index contributed by atoms with van der Waals surface area (Å²) in [5.41, 5.74) is 1.87. The van der Waals surface area contributed by atoms with E-state index in [1.165, 1.54) is 5.56 Å². The first-order chi connectivity index (χ1) is 9.38. The standard InChI is InChI=1S/C17H23NO2/c1-12-7-9-14(10-8-12)17(2,3)18-16(20)11-13-5-4-6-15(13)19/h7-10,13H,4-6,11H2,1-3H3,(H,18,20)/t13-/m1/s1.